The summed E-state index contributed by atoms with van der Waals surface area (Å²) in [5.74, 6) is 2.37. The van der Waals surface area contributed by atoms with Gasteiger partial charge in [-0.3, -0.25) is 9.78 Å². The summed E-state index contributed by atoms with van der Waals surface area (Å²) in [6, 6.07) is 11.6. The van der Waals surface area contributed by atoms with Crippen LogP contribution in [-0.4, -0.2) is 41.5 Å². The van der Waals surface area contributed by atoms with Gasteiger partial charge in [-0.05, 0) is 68.5 Å². The summed E-state index contributed by atoms with van der Waals surface area (Å²) in [4.78, 5) is 18.8. The maximum Gasteiger partial charge on any atom is 0.253 e. The molecule has 7 heteroatoms. The number of pyridine rings is 1. The fourth-order valence-corrected chi connectivity index (χ4v) is 3.36. The Morgan fingerprint density at radius 3 is 2.43 bits per heavy atom. The molecule has 1 saturated carbocycles. The molecular weight excluding hydrogens is 397 g/mol. The molecule has 5 nitrogen and oxygen atoms in total. The molecule has 2 heterocycles. The molecule has 152 valence electrons. The van der Waals surface area contributed by atoms with Crippen LogP contribution in [0.25, 0.3) is 0 Å². The molecule has 0 bridgehead atoms. The van der Waals surface area contributed by atoms with E-state index in [4.69, 9.17) is 4.74 Å². The molecule has 1 amide bonds. The Hall–Kier alpha value is -1.82. The minimum Gasteiger partial charge on any atom is -0.457 e. The van der Waals surface area contributed by atoms with Crippen LogP contribution in [0.15, 0.2) is 48.8 Å². The van der Waals surface area contributed by atoms with E-state index in [0.29, 0.717) is 23.1 Å². The molecule has 0 unspecified atom stereocenters. The highest BCUT2D eigenvalue weighted by molar-refractivity contribution is 5.94. The maximum atomic E-state index is 12.8. The first kappa shape index (κ1) is 22.5. The lowest BCUT2D eigenvalue weighted by atomic mass is 10.0. The van der Waals surface area contributed by atoms with Crippen molar-refractivity contribution in [3.8, 4) is 11.5 Å². The second kappa shape index (κ2) is 10.6. The van der Waals surface area contributed by atoms with Gasteiger partial charge in [0.05, 0.1) is 0 Å². The van der Waals surface area contributed by atoms with Crippen molar-refractivity contribution < 1.29 is 9.53 Å². The summed E-state index contributed by atoms with van der Waals surface area (Å²) in [6.45, 7) is 2.78. The molecule has 0 spiro atoms. The fourth-order valence-electron chi connectivity index (χ4n) is 3.36. The van der Waals surface area contributed by atoms with Crippen LogP contribution in [0.1, 0.15) is 36.0 Å². The molecule has 1 aliphatic carbocycles. The van der Waals surface area contributed by atoms with Crippen LogP contribution in [0, 0.1) is 5.92 Å². The highest BCUT2D eigenvalue weighted by atomic mass is 35.5. The second-order valence-corrected chi connectivity index (χ2v) is 7.23. The molecule has 0 atom stereocenters. The molecule has 1 aliphatic heterocycles. The zero-order valence-corrected chi connectivity index (χ0v) is 17.4. The van der Waals surface area contributed by atoms with Crippen LogP contribution in [0.4, 0.5) is 0 Å². The highest BCUT2D eigenvalue weighted by Gasteiger charge is 2.26. The number of hydrogen-bond acceptors (Lipinski definition) is 4. The van der Waals surface area contributed by atoms with E-state index in [1.54, 1.807) is 24.5 Å². The maximum absolute atomic E-state index is 12.8. The number of carbonyl (C=O) groups excluding carboxylic acids is 1. The van der Waals surface area contributed by atoms with Crippen molar-refractivity contribution in [1.82, 2.24) is 15.2 Å². The van der Waals surface area contributed by atoms with Crippen molar-refractivity contribution in [2.45, 2.75) is 31.7 Å². The van der Waals surface area contributed by atoms with Gasteiger partial charge in [0.15, 0.2) is 0 Å². The van der Waals surface area contributed by atoms with E-state index in [1.807, 2.05) is 29.2 Å². The summed E-state index contributed by atoms with van der Waals surface area (Å²) >= 11 is 0. The van der Waals surface area contributed by atoms with E-state index in [2.05, 4.69) is 10.3 Å². The van der Waals surface area contributed by atoms with Crippen LogP contribution in [-0.2, 0) is 0 Å². The number of benzene rings is 1. The monoisotopic (exact) mass is 423 g/mol. The number of nitrogens with zero attached hydrogens (tertiary/aromatic N) is 2. The zero-order chi connectivity index (χ0) is 17.8. The molecule has 2 aliphatic rings. The molecule has 1 saturated heterocycles. The molecule has 1 aromatic heterocycles. The Balaban J connectivity index is 0.00000140. The first-order chi connectivity index (χ1) is 12.8. The molecule has 1 N–H and O–H groups in total. The number of piperidine rings is 1. The average Bonchev–Trinajstić information content (AvgIpc) is 3.52. The number of halogens is 2. The number of ether oxygens (including phenoxy) is 1. The number of aromatic nitrogens is 1. The lowest BCUT2D eigenvalue weighted by Crippen LogP contribution is -2.45. The molecular formula is C21H27Cl2N3O2. The smallest absolute Gasteiger partial charge is 0.253 e. The topological polar surface area (TPSA) is 54.5 Å². The third-order valence-corrected chi connectivity index (χ3v) is 5.14. The number of nitrogens with one attached hydrogen (secondary N) is 1. The summed E-state index contributed by atoms with van der Waals surface area (Å²) < 4.78 is 5.81. The Morgan fingerprint density at radius 1 is 1.04 bits per heavy atom. The number of likely N-dealkylation sites (tertiary alicyclic amines) is 1. The SMILES string of the molecule is Cl.Cl.O=C(c1cccc(Oc2ccncc2)c1)N1CCC(NCC2CC2)CC1. The Bertz CT molecular complexity index is 748. The van der Waals surface area contributed by atoms with Crippen molar-refractivity contribution >= 4 is 30.7 Å². The summed E-state index contributed by atoms with van der Waals surface area (Å²) in [7, 11) is 0. The van der Waals surface area contributed by atoms with Crippen molar-refractivity contribution in [3.63, 3.8) is 0 Å². The van der Waals surface area contributed by atoms with Gasteiger partial charge in [-0.15, -0.1) is 24.8 Å². The number of carbonyl (C=O) groups is 1. The van der Waals surface area contributed by atoms with Crippen LogP contribution < -0.4 is 10.1 Å². The normalized spacial score (nSPS) is 16.6. The summed E-state index contributed by atoms with van der Waals surface area (Å²) in [5.41, 5.74) is 0.681. The third kappa shape index (κ3) is 6.09. The largest absolute Gasteiger partial charge is 0.457 e. The molecule has 0 radical (unpaired) electrons. The van der Waals surface area contributed by atoms with Gasteiger partial charge in [-0.2, -0.15) is 0 Å². The molecule has 4 rings (SSSR count). The predicted molar refractivity (Wildman–Crippen MR) is 115 cm³/mol. The first-order valence-electron chi connectivity index (χ1n) is 9.48. The second-order valence-electron chi connectivity index (χ2n) is 7.23. The number of amides is 1. The van der Waals surface area contributed by atoms with Gasteiger partial charge < -0.3 is 15.0 Å². The van der Waals surface area contributed by atoms with Crippen LogP contribution >= 0.6 is 24.8 Å². The Labute approximate surface area is 178 Å². The van der Waals surface area contributed by atoms with Gasteiger partial charge in [0, 0.05) is 37.1 Å². The lowest BCUT2D eigenvalue weighted by molar-refractivity contribution is 0.0704. The van der Waals surface area contributed by atoms with Crippen molar-refractivity contribution in [1.29, 1.82) is 0 Å². The highest BCUT2D eigenvalue weighted by Crippen LogP contribution is 2.28. The summed E-state index contributed by atoms with van der Waals surface area (Å²) in [6.07, 6.45) is 8.19. The zero-order valence-electron chi connectivity index (χ0n) is 15.8. The van der Waals surface area contributed by atoms with Gasteiger partial charge in [-0.1, -0.05) is 6.07 Å². The minimum atomic E-state index is 0. The Morgan fingerprint density at radius 2 is 1.75 bits per heavy atom. The molecule has 28 heavy (non-hydrogen) atoms. The first-order valence-corrected chi connectivity index (χ1v) is 9.48. The molecule has 1 aromatic carbocycles. The number of hydrogen-bond donors (Lipinski definition) is 1. The van der Waals surface area contributed by atoms with Gasteiger partial charge in [0.2, 0.25) is 0 Å². The average molecular weight is 424 g/mol. The van der Waals surface area contributed by atoms with E-state index in [9.17, 15) is 4.79 Å². The molecule has 2 aromatic rings. The van der Waals surface area contributed by atoms with Crippen LogP contribution in [0.5, 0.6) is 11.5 Å². The standard InChI is InChI=1S/C21H25N3O2.2ClH/c25-21(24-12-8-18(9-13-24)23-15-16-4-5-16)17-2-1-3-20(14-17)26-19-6-10-22-11-7-19;;/h1-3,6-7,10-11,14,16,18,23H,4-5,8-9,12-13,15H2;2*1H. The van der Waals surface area contributed by atoms with Crippen molar-refractivity contribution in [2.75, 3.05) is 19.6 Å². The van der Waals surface area contributed by atoms with E-state index in [1.165, 1.54) is 12.8 Å². The summed E-state index contributed by atoms with van der Waals surface area (Å²) in [5, 5.41) is 3.66. The van der Waals surface area contributed by atoms with Crippen LogP contribution in [0.3, 0.4) is 0 Å². The van der Waals surface area contributed by atoms with E-state index in [-0.39, 0.29) is 30.7 Å². The van der Waals surface area contributed by atoms with E-state index >= 15 is 0 Å². The molecule has 2 fully saturated rings. The van der Waals surface area contributed by atoms with Crippen molar-refractivity contribution in [2.24, 2.45) is 5.92 Å². The van der Waals surface area contributed by atoms with Gasteiger partial charge in [-0.25, -0.2) is 0 Å². The predicted octanol–water partition coefficient (Wildman–Crippen LogP) is 4.32. The van der Waals surface area contributed by atoms with E-state index in [0.717, 1.165) is 38.4 Å². The van der Waals surface area contributed by atoms with Crippen LogP contribution in [0.2, 0.25) is 0 Å². The van der Waals surface area contributed by atoms with Gasteiger partial charge >= 0.3 is 0 Å². The minimum absolute atomic E-state index is 0. The van der Waals surface area contributed by atoms with E-state index < -0.39 is 0 Å². The van der Waals surface area contributed by atoms with Crippen molar-refractivity contribution in [3.05, 3.63) is 54.4 Å². The van der Waals surface area contributed by atoms with Gasteiger partial charge in [0.1, 0.15) is 11.5 Å². The quantitative estimate of drug-likeness (QED) is 0.751. The van der Waals surface area contributed by atoms with Gasteiger partial charge in [0.25, 0.3) is 5.91 Å². The fraction of sp³-hybridized carbons (Fsp3) is 0.429. The number of rotatable bonds is 6. The Kier molecular flexibility index (Phi) is 8.55. The third-order valence-electron chi connectivity index (χ3n) is 5.14. The lowest BCUT2D eigenvalue weighted by Gasteiger charge is -2.32.